The average Bonchev–Trinajstić information content (AvgIpc) is 2.01. The summed E-state index contributed by atoms with van der Waals surface area (Å²) < 4.78 is 0. The number of ketones is 1. The van der Waals surface area contributed by atoms with Crippen molar-refractivity contribution in [2.24, 2.45) is 0 Å². The van der Waals surface area contributed by atoms with Crippen LogP contribution < -0.4 is 0 Å². The van der Waals surface area contributed by atoms with Crippen LogP contribution in [0.4, 0.5) is 0 Å². The first-order chi connectivity index (χ1) is 6.32. The summed E-state index contributed by atoms with van der Waals surface area (Å²) in [7, 11) is 0. The van der Waals surface area contributed by atoms with Gasteiger partial charge in [0, 0.05) is 10.6 Å². The summed E-state index contributed by atoms with van der Waals surface area (Å²) in [6.45, 7) is 7.83. The van der Waals surface area contributed by atoms with Gasteiger partial charge in [-0.2, -0.15) is 0 Å². The van der Waals surface area contributed by atoms with Crippen LogP contribution in [0.2, 0.25) is 5.02 Å². The Balaban J connectivity index is 3.37. The normalized spacial score (nSPS) is 11.5. The van der Waals surface area contributed by atoms with Crippen molar-refractivity contribution >= 4 is 17.4 Å². The molecule has 0 fully saturated rings. The zero-order valence-electron chi connectivity index (χ0n) is 9.02. The van der Waals surface area contributed by atoms with Crippen molar-refractivity contribution in [1.29, 1.82) is 0 Å². The summed E-state index contributed by atoms with van der Waals surface area (Å²) in [5, 5.41) is 0.614. The van der Waals surface area contributed by atoms with E-state index in [4.69, 9.17) is 11.6 Å². The number of carbonyl (C=O) groups excluding carboxylic acids is 1. The topological polar surface area (TPSA) is 17.1 Å². The Labute approximate surface area is 90.1 Å². The minimum Gasteiger partial charge on any atom is -0.294 e. The highest BCUT2D eigenvalue weighted by atomic mass is 35.5. The van der Waals surface area contributed by atoms with Gasteiger partial charge in [0.2, 0.25) is 0 Å². The van der Waals surface area contributed by atoms with Gasteiger partial charge in [0.15, 0.2) is 5.78 Å². The lowest BCUT2D eigenvalue weighted by atomic mass is 9.83. The van der Waals surface area contributed by atoms with E-state index in [1.54, 1.807) is 13.0 Å². The first-order valence-corrected chi connectivity index (χ1v) is 5.01. The molecule has 0 radical (unpaired) electrons. The molecule has 0 aliphatic heterocycles. The third-order valence-electron chi connectivity index (χ3n) is 2.17. The standard InChI is InChI=1S/C12H15ClO/c1-8(14)10-7-9(13)5-6-11(10)12(2,3)4/h5-7H,1-4H3. The van der Waals surface area contributed by atoms with Crippen LogP contribution in [0.3, 0.4) is 0 Å². The molecule has 2 heteroatoms. The molecular formula is C12H15ClO. The highest BCUT2D eigenvalue weighted by Crippen LogP contribution is 2.28. The average molecular weight is 211 g/mol. The Hall–Kier alpha value is -0.820. The lowest BCUT2D eigenvalue weighted by Crippen LogP contribution is -2.15. The summed E-state index contributed by atoms with van der Waals surface area (Å²) in [6.07, 6.45) is 0. The number of benzene rings is 1. The van der Waals surface area contributed by atoms with Crippen LogP contribution in [0.5, 0.6) is 0 Å². The molecule has 14 heavy (non-hydrogen) atoms. The van der Waals surface area contributed by atoms with Gasteiger partial charge in [-0.05, 0) is 30.0 Å². The summed E-state index contributed by atoms with van der Waals surface area (Å²) in [6, 6.07) is 5.50. The molecule has 76 valence electrons. The second-order valence-corrected chi connectivity index (χ2v) is 4.93. The van der Waals surface area contributed by atoms with E-state index < -0.39 is 0 Å². The maximum Gasteiger partial charge on any atom is 0.160 e. The zero-order valence-corrected chi connectivity index (χ0v) is 9.77. The van der Waals surface area contributed by atoms with E-state index in [1.807, 2.05) is 12.1 Å². The van der Waals surface area contributed by atoms with Gasteiger partial charge >= 0.3 is 0 Å². The molecule has 0 saturated carbocycles. The van der Waals surface area contributed by atoms with Crippen LogP contribution in [-0.4, -0.2) is 5.78 Å². The number of hydrogen-bond acceptors (Lipinski definition) is 1. The van der Waals surface area contributed by atoms with Gasteiger partial charge in [-0.1, -0.05) is 38.4 Å². The van der Waals surface area contributed by atoms with Crippen LogP contribution in [-0.2, 0) is 5.41 Å². The molecule has 0 heterocycles. The van der Waals surface area contributed by atoms with E-state index in [1.165, 1.54) is 0 Å². The van der Waals surface area contributed by atoms with E-state index >= 15 is 0 Å². The lowest BCUT2D eigenvalue weighted by Gasteiger charge is -2.21. The number of carbonyl (C=O) groups is 1. The molecule has 1 rings (SSSR count). The van der Waals surface area contributed by atoms with E-state index in [9.17, 15) is 4.79 Å². The van der Waals surface area contributed by atoms with E-state index in [2.05, 4.69) is 20.8 Å². The fourth-order valence-corrected chi connectivity index (χ4v) is 1.63. The summed E-state index contributed by atoms with van der Waals surface area (Å²) in [4.78, 5) is 11.4. The molecule has 0 N–H and O–H groups in total. The quantitative estimate of drug-likeness (QED) is 0.644. The molecule has 0 aromatic heterocycles. The van der Waals surface area contributed by atoms with Crippen LogP contribution >= 0.6 is 11.6 Å². The number of rotatable bonds is 1. The summed E-state index contributed by atoms with van der Waals surface area (Å²) in [5.74, 6) is 0.0671. The molecule has 0 spiro atoms. The predicted octanol–water partition coefficient (Wildman–Crippen LogP) is 3.84. The van der Waals surface area contributed by atoms with Crippen molar-refractivity contribution in [3.8, 4) is 0 Å². The van der Waals surface area contributed by atoms with Crippen molar-refractivity contribution in [2.75, 3.05) is 0 Å². The Morgan fingerprint density at radius 1 is 1.29 bits per heavy atom. The maximum atomic E-state index is 11.4. The van der Waals surface area contributed by atoms with Crippen LogP contribution in [0, 0.1) is 0 Å². The highest BCUT2D eigenvalue weighted by Gasteiger charge is 2.19. The molecule has 0 aliphatic carbocycles. The van der Waals surface area contributed by atoms with Gasteiger partial charge in [-0.15, -0.1) is 0 Å². The molecule has 1 nitrogen and oxygen atoms in total. The highest BCUT2D eigenvalue weighted by molar-refractivity contribution is 6.31. The van der Waals surface area contributed by atoms with Crippen molar-refractivity contribution in [3.63, 3.8) is 0 Å². The van der Waals surface area contributed by atoms with E-state index in [0.29, 0.717) is 5.02 Å². The molecule has 1 aromatic carbocycles. The van der Waals surface area contributed by atoms with Gasteiger partial charge in [-0.25, -0.2) is 0 Å². The molecular weight excluding hydrogens is 196 g/mol. The Morgan fingerprint density at radius 2 is 1.86 bits per heavy atom. The van der Waals surface area contributed by atoms with Gasteiger partial charge in [0.25, 0.3) is 0 Å². The maximum absolute atomic E-state index is 11.4. The second kappa shape index (κ2) is 3.74. The SMILES string of the molecule is CC(=O)c1cc(Cl)ccc1C(C)(C)C. The van der Waals surface area contributed by atoms with E-state index in [0.717, 1.165) is 11.1 Å². The van der Waals surface area contributed by atoms with Gasteiger partial charge in [0.05, 0.1) is 0 Å². The first kappa shape index (κ1) is 11.3. The minimum atomic E-state index is -0.0222. The number of hydrogen-bond donors (Lipinski definition) is 0. The number of halogens is 1. The molecule has 0 saturated heterocycles. The van der Waals surface area contributed by atoms with Crippen molar-refractivity contribution in [3.05, 3.63) is 34.3 Å². The van der Waals surface area contributed by atoms with Crippen molar-refractivity contribution in [1.82, 2.24) is 0 Å². The third-order valence-corrected chi connectivity index (χ3v) is 2.40. The largest absolute Gasteiger partial charge is 0.294 e. The van der Waals surface area contributed by atoms with Crippen LogP contribution in [0.1, 0.15) is 43.6 Å². The molecule has 0 bridgehead atoms. The second-order valence-electron chi connectivity index (χ2n) is 4.50. The summed E-state index contributed by atoms with van der Waals surface area (Å²) in [5.41, 5.74) is 1.75. The third kappa shape index (κ3) is 2.36. The molecule has 0 atom stereocenters. The smallest absolute Gasteiger partial charge is 0.160 e. The van der Waals surface area contributed by atoms with Crippen LogP contribution in [0.25, 0.3) is 0 Å². The first-order valence-electron chi connectivity index (χ1n) is 4.63. The van der Waals surface area contributed by atoms with Crippen molar-refractivity contribution < 1.29 is 4.79 Å². The van der Waals surface area contributed by atoms with Gasteiger partial charge in [-0.3, -0.25) is 4.79 Å². The number of Topliss-reactive ketones (excluding diaryl/α,β-unsaturated/α-hetero) is 1. The molecule has 0 amide bonds. The van der Waals surface area contributed by atoms with Gasteiger partial charge < -0.3 is 0 Å². The Bertz CT molecular complexity index is 361. The fourth-order valence-electron chi connectivity index (χ4n) is 1.46. The Kier molecular flexibility index (Phi) is 3.01. The minimum absolute atomic E-state index is 0.0222. The molecule has 0 aliphatic rings. The predicted molar refractivity (Wildman–Crippen MR) is 60.2 cm³/mol. The van der Waals surface area contributed by atoms with Gasteiger partial charge in [0.1, 0.15) is 0 Å². The van der Waals surface area contributed by atoms with E-state index in [-0.39, 0.29) is 11.2 Å². The van der Waals surface area contributed by atoms with Crippen LogP contribution in [0.15, 0.2) is 18.2 Å². The monoisotopic (exact) mass is 210 g/mol. The zero-order chi connectivity index (χ0) is 10.9. The molecule has 1 aromatic rings. The molecule has 0 unspecified atom stereocenters. The fraction of sp³-hybridized carbons (Fsp3) is 0.417. The summed E-state index contributed by atoms with van der Waals surface area (Å²) >= 11 is 5.86. The van der Waals surface area contributed by atoms with Crippen molar-refractivity contribution in [2.45, 2.75) is 33.1 Å². The lowest BCUT2D eigenvalue weighted by molar-refractivity contribution is 0.101. The Morgan fingerprint density at radius 3 is 2.29 bits per heavy atom.